The second-order valence-electron chi connectivity index (χ2n) is 5.27. The highest BCUT2D eigenvalue weighted by Gasteiger charge is 2.18. The maximum Gasteiger partial charge on any atom is 0.336 e. The normalized spacial score (nSPS) is 17.0. The fraction of sp³-hybridized carbons (Fsp3) is 0.235. The number of carboxylic acids is 1. The van der Waals surface area contributed by atoms with Gasteiger partial charge < -0.3 is 9.52 Å². The Balaban J connectivity index is 2.29. The lowest BCUT2D eigenvalue weighted by molar-refractivity contribution is 0.0697. The Bertz CT molecular complexity index is 796. The summed E-state index contributed by atoms with van der Waals surface area (Å²) in [7, 11) is 0. The van der Waals surface area contributed by atoms with E-state index in [0.717, 1.165) is 22.6 Å². The summed E-state index contributed by atoms with van der Waals surface area (Å²) in [6.07, 6.45) is 5.24. The van der Waals surface area contributed by atoms with Crippen LogP contribution in [0.4, 0.5) is 0 Å². The van der Waals surface area contributed by atoms with Crippen LogP contribution in [-0.4, -0.2) is 11.1 Å². The Morgan fingerprint density at radius 1 is 1.35 bits per heavy atom. The third-order valence-electron chi connectivity index (χ3n) is 3.75. The molecule has 20 heavy (non-hydrogen) atoms. The summed E-state index contributed by atoms with van der Waals surface area (Å²) in [5, 5.41) is 10.4. The number of hydrogen-bond acceptors (Lipinski definition) is 2. The minimum Gasteiger partial charge on any atom is -0.478 e. The monoisotopic (exact) mass is 268 g/mol. The van der Waals surface area contributed by atoms with Gasteiger partial charge in [-0.05, 0) is 31.4 Å². The minimum atomic E-state index is -0.935. The predicted octanol–water partition coefficient (Wildman–Crippen LogP) is 2.55. The van der Waals surface area contributed by atoms with E-state index in [4.69, 9.17) is 4.42 Å². The van der Waals surface area contributed by atoms with Crippen LogP contribution < -0.4 is 10.6 Å². The zero-order chi connectivity index (χ0) is 14.3. The van der Waals surface area contributed by atoms with Crippen LogP contribution in [0.3, 0.4) is 0 Å². The molecular formula is C17H16O3. The Morgan fingerprint density at radius 3 is 2.85 bits per heavy atom. The van der Waals surface area contributed by atoms with Gasteiger partial charge in [-0.3, -0.25) is 0 Å². The number of carboxylic acid groups (broad SMARTS) is 1. The topological polar surface area (TPSA) is 50.4 Å². The maximum absolute atomic E-state index is 11.3. The smallest absolute Gasteiger partial charge is 0.336 e. The summed E-state index contributed by atoms with van der Waals surface area (Å²) in [5.74, 6) is 0.215. The van der Waals surface area contributed by atoms with Crippen molar-refractivity contribution in [1.82, 2.24) is 0 Å². The van der Waals surface area contributed by atoms with Crippen LogP contribution in [0, 0.1) is 12.8 Å². The molecule has 1 N–H and O–H groups in total. The standard InChI is InChI=1S/C17H16O3/c1-10-7-8-15-14(9-10)11(2)16(20-15)12-5-3-4-6-13(12)17(18)19/h3-6,8-10H,7H2,1-2H3,(H,18,19). The Labute approximate surface area is 116 Å². The average Bonchev–Trinajstić information content (AvgIpc) is 2.76. The molecule has 1 aromatic heterocycles. The van der Waals surface area contributed by atoms with E-state index in [1.54, 1.807) is 18.2 Å². The van der Waals surface area contributed by atoms with Crippen LogP contribution in [0.25, 0.3) is 23.5 Å². The van der Waals surface area contributed by atoms with Crippen molar-refractivity contribution >= 4 is 18.1 Å². The van der Waals surface area contributed by atoms with Crippen molar-refractivity contribution in [3.05, 3.63) is 46.0 Å². The predicted molar refractivity (Wildman–Crippen MR) is 77.8 cm³/mol. The quantitative estimate of drug-likeness (QED) is 0.910. The molecule has 0 saturated carbocycles. The van der Waals surface area contributed by atoms with E-state index in [0.29, 0.717) is 17.2 Å². The highest BCUT2D eigenvalue weighted by molar-refractivity contribution is 5.95. The highest BCUT2D eigenvalue weighted by atomic mass is 16.4. The number of fused-ring (bicyclic) bond motifs is 1. The highest BCUT2D eigenvalue weighted by Crippen LogP contribution is 2.25. The number of rotatable bonds is 2. The first-order chi connectivity index (χ1) is 9.58. The van der Waals surface area contributed by atoms with Crippen LogP contribution >= 0.6 is 0 Å². The molecule has 102 valence electrons. The van der Waals surface area contributed by atoms with Gasteiger partial charge in [0, 0.05) is 16.3 Å². The summed E-state index contributed by atoms with van der Waals surface area (Å²) in [4.78, 5) is 11.3. The maximum atomic E-state index is 11.3. The second-order valence-corrected chi connectivity index (χ2v) is 5.27. The lowest BCUT2D eigenvalue weighted by atomic mass is 9.98. The average molecular weight is 268 g/mol. The molecule has 1 aromatic carbocycles. The van der Waals surface area contributed by atoms with Crippen molar-refractivity contribution in [2.24, 2.45) is 5.92 Å². The van der Waals surface area contributed by atoms with E-state index >= 15 is 0 Å². The van der Waals surface area contributed by atoms with Crippen molar-refractivity contribution in [1.29, 1.82) is 0 Å². The first-order valence-corrected chi connectivity index (χ1v) is 6.72. The van der Waals surface area contributed by atoms with Crippen molar-refractivity contribution in [2.45, 2.75) is 20.3 Å². The molecule has 0 fully saturated rings. The molecule has 3 heteroatoms. The number of furan rings is 1. The summed E-state index contributed by atoms with van der Waals surface area (Å²) in [6, 6.07) is 6.96. The van der Waals surface area contributed by atoms with Gasteiger partial charge in [0.05, 0.1) is 5.56 Å². The molecule has 3 rings (SSSR count). The molecule has 1 heterocycles. The van der Waals surface area contributed by atoms with Gasteiger partial charge in [-0.2, -0.15) is 0 Å². The molecule has 1 aliphatic carbocycles. The van der Waals surface area contributed by atoms with Gasteiger partial charge >= 0.3 is 5.97 Å². The van der Waals surface area contributed by atoms with E-state index in [2.05, 4.69) is 19.1 Å². The lowest BCUT2D eigenvalue weighted by Crippen LogP contribution is -2.26. The largest absolute Gasteiger partial charge is 0.478 e. The molecule has 0 saturated heterocycles. The Kier molecular flexibility index (Phi) is 2.97. The molecule has 0 aliphatic heterocycles. The zero-order valence-electron chi connectivity index (χ0n) is 11.5. The van der Waals surface area contributed by atoms with Gasteiger partial charge in [-0.25, -0.2) is 4.79 Å². The molecular weight excluding hydrogens is 252 g/mol. The van der Waals surface area contributed by atoms with Crippen LogP contribution in [-0.2, 0) is 0 Å². The first kappa shape index (κ1) is 12.7. The number of aromatic carboxylic acids is 1. The molecule has 0 bridgehead atoms. The summed E-state index contributed by atoms with van der Waals surface area (Å²) in [5.41, 5.74) is 2.78. The van der Waals surface area contributed by atoms with Gasteiger partial charge in [0.1, 0.15) is 11.2 Å². The number of hydrogen-bond donors (Lipinski definition) is 1. The van der Waals surface area contributed by atoms with Gasteiger partial charge in [0.15, 0.2) is 0 Å². The molecule has 1 atom stereocenters. The van der Waals surface area contributed by atoms with Gasteiger partial charge in [-0.15, -0.1) is 0 Å². The Morgan fingerprint density at radius 2 is 2.10 bits per heavy atom. The Hall–Kier alpha value is -2.29. The minimum absolute atomic E-state index is 0.273. The second kappa shape index (κ2) is 4.67. The third kappa shape index (κ3) is 1.95. The van der Waals surface area contributed by atoms with Crippen LogP contribution in [0.1, 0.15) is 29.3 Å². The summed E-state index contributed by atoms with van der Waals surface area (Å²) >= 11 is 0. The fourth-order valence-electron chi connectivity index (χ4n) is 2.68. The number of benzene rings is 1. The first-order valence-electron chi connectivity index (χ1n) is 6.72. The van der Waals surface area contributed by atoms with E-state index in [1.165, 1.54) is 0 Å². The van der Waals surface area contributed by atoms with Crippen LogP contribution in [0.15, 0.2) is 28.7 Å². The van der Waals surface area contributed by atoms with Gasteiger partial charge in [0.25, 0.3) is 0 Å². The van der Waals surface area contributed by atoms with Crippen molar-refractivity contribution in [2.75, 3.05) is 0 Å². The molecule has 1 aliphatic rings. The van der Waals surface area contributed by atoms with Crippen molar-refractivity contribution in [3.63, 3.8) is 0 Å². The summed E-state index contributed by atoms with van der Waals surface area (Å²) in [6.45, 7) is 4.15. The van der Waals surface area contributed by atoms with E-state index in [-0.39, 0.29) is 5.56 Å². The van der Waals surface area contributed by atoms with Gasteiger partial charge in [-0.1, -0.05) is 31.2 Å². The zero-order valence-corrected chi connectivity index (χ0v) is 11.5. The van der Waals surface area contributed by atoms with Crippen LogP contribution in [0.5, 0.6) is 0 Å². The molecule has 1 unspecified atom stereocenters. The number of carbonyl (C=O) groups is 1. The molecule has 0 radical (unpaired) electrons. The molecule has 3 nitrogen and oxygen atoms in total. The van der Waals surface area contributed by atoms with E-state index in [1.807, 2.05) is 13.0 Å². The molecule has 0 spiro atoms. The van der Waals surface area contributed by atoms with Crippen LogP contribution in [0.2, 0.25) is 0 Å². The summed E-state index contributed by atoms with van der Waals surface area (Å²) < 4.78 is 5.91. The lowest BCUT2D eigenvalue weighted by Gasteiger charge is -2.04. The fourth-order valence-corrected chi connectivity index (χ4v) is 2.68. The SMILES string of the molecule is Cc1c(-c2ccccc2C(=O)O)oc2c1=CC(C)CC=2. The van der Waals surface area contributed by atoms with Gasteiger partial charge in [0.2, 0.25) is 0 Å². The van der Waals surface area contributed by atoms with Crippen molar-refractivity contribution < 1.29 is 14.3 Å². The van der Waals surface area contributed by atoms with E-state index < -0.39 is 5.97 Å². The molecule has 0 amide bonds. The molecule has 2 aromatic rings. The van der Waals surface area contributed by atoms with Crippen molar-refractivity contribution in [3.8, 4) is 11.3 Å². The third-order valence-corrected chi connectivity index (χ3v) is 3.75. The van der Waals surface area contributed by atoms with E-state index in [9.17, 15) is 9.90 Å².